The monoisotopic (exact) mass is 942 g/mol. The van der Waals surface area contributed by atoms with E-state index >= 15 is 0 Å². The summed E-state index contributed by atoms with van der Waals surface area (Å²) in [6.07, 6.45) is 2.67. The number of hydrogen-bond acceptors (Lipinski definition) is 3. The summed E-state index contributed by atoms with van der Waals surface area (Å²) in [4.78, 5) is 11.4. The van der Waals surface area contributed by atoms with E-state index in [1.807, 2.05) is 68.4 Å². The molecule has 3 aliphatic rings. The van der Waals surface area contributed by atoms with Crippen LogP contribution in [0.25, 0.3) is 21.7 Å². The zero-order valence-electron chi connectivity index (χ0n) is 42.1. The van der Waals surface area contributed by atoms with Crippen molar-refractivity contribution in [3.63, 3.8) is 0 Å². The van der Waals surface area contributed by atoms with Crippen LogP contribution >= 0.6 is 7.26 Å². The third-order valence-corrected chi connectivity index (χ3v) is 23.9. The van der Waals surface area contributed by atoms with E-state index in [0.29, 0.717) is 11.5 Å². The van der Waals surface area contributed by atoms with Gasteiger partial charge in [0, 0.05) is 48.6 Å². The van der Waals surface area contributed by atoms with Crippen molar-refractivity contribution in [2.45, 2.75) is 104 Å². The molecule has 0 saturated carbocycles. The fourth-order valence-electron chi connectivity index (χ4n) is 9.40. The zero-order valence-corrected chi connectivity index (χ0v) is 44.0. The molecule has 0 saturated heterocycles. The second-order valence-corrected chi connectivity index (χ2v) is 30.5. The minimum absolute atomic E-state index is 0.0912. The van der Waals surface area contributed by atoms with Gasteiger partial charge in [0.25, 0.3) is 0 Å². The number of benzene rings is 5. The van der Waals surface area contributed by atoms with Crippen LogP contribution in [0.3, 0.4) is 0 Å². The summed E-state index contributed by atoms with van der Waals surface area (Å²) in [5, 5.41) is 21.1. The maximum absolute atomic E-state index is 14.0. The van der Waals surface area contributed by atoms with Crippen LogP contribution in [0.2, 0.25) is 18.1 Å². The number of nitrogens with zero attached hydrogens (tertiary/aromatic N) is 3. The Hall–Kier alpha value is -6.53. The van der Waals surface area contributed by atoms with Crippen molar-refractivity contribution in [1.29, 1.82) is 0 Å². The number of hydrogen-bond donors (Lipinski definition) is 0. The Morgan fingerprint density at radius 1 is 0.667 bits per heavy atom. The highest BCUT2D eigenvalue weighted by Gasteiger charge is 2.51. The summed E-state index contributed by atoms with van der Waals surface area (Å²) in [5.74, 6) is 7.53. The lowest BCUT2D eigenvalue weighted by molar-refractivity contribution is -0.530. The van der Waals surface area contributed by atoms with Crippen molar-refractivity contribution < 1.29 is 9.58 Å². The summed E-state index contributed by atoms with van der Waals surface area (Å²) < 4.78 is 1.09. The van der Waals surface area contributed by atoms with E-state index in [9.17, 15) is 5.21 Å². The van der Waals surface area contributed by atoms with E-state index in [1.165, 1.54) is 26.7 Å². The van der Waals surface area contributed by atoms with E-state index in [4.69, 9.17) is 11.4 Å². The van der Waals surface area contributed by atoms with Gasteiger partial charge in [-0.1, -0.05) is 155 Å². The zero-order chi connectivity index (χ0) is 49.4. The molecule has 1 aliphatic heterocycles. The highest BCUT2D eigenvalue weighted by molar-refractivity contribution is 7.95. The summed E-state index contributed by atoms with van der Waals surface area (Å²) >= 11 is 0. The largest absolute Gasteiger partial charge is 0.623 e. The third-order valence-electron chi connectivity index (χ3n) is 13.9. The minimum Gasteiger partial charge on any atom is -0.623 e. The van der Waals surface area contributed by atoms with E-state index in [-0.39, 0.29) is 5.04 Å². The van der Waals surface area contributed by atoms with Crippen molar-refractivity contribution in [2.75, 3.05) is 0 Å². The van der Waals surface area contributed by atoms with Crippen LogP contribution in [0.1, 0.15) is 102 Å². The summed E-state index contributed by atoms with van der Waals surface area (Å²) in [7, 11) is -4.55. The molecule has 5 aromatic carbocycles. The summed E-state index contributed by atoms with van der Waals surface area (Å²) in [6, 6.07) is 59.6. The van der Waals surface area contributed by atoms with E-state index in [0.717, 1.165) is 49.8 Å². The van der Waals surface area contributed by atoms with Gasteiger partial charge >= 0.3 is 0 Å². The molecule has 0 radical (unpaired) electrons. The van der Waals surface area contributed by atoms with Crippen LogP contribution in [-0.2, 0) is 11.0 Å². The Balaban J connectivity index is 1.24. The van der Waals surface area contributed by atoms with Gasteiger partial charge in [-0.15, -0.1) is 5.06 Å². The van der Waals surface area contributed by atoms with Crippen LogP contribution in [-0.4, -0.2) is 35.2 Å². The molecule has 5 nitrogen and oxygen atoms in total. The van der Waals surface area contributed by atoms with Crippen molar-refractivity contribution in [3.8, 4) is 23.0 Å². The van der Waals surface area contributed by atoms with Gasteiger partial charge in [0.1, 0.15) is 29.2 Å². The number of fused-ring (bicyclic) bond motifs is 1. The first kappa shape index (κ1) is 48.9. The van der Waals surface area contributed by atoms with Crippen molar-refractivity contribution in [2.24, 2.45) is 0 Å². The lowest BCUT2D eigenvalue weighted by atomic mass is 9.95. The van der Waals surface area contributed by atoms with E-state index in [2.05, 4.69) is 205 Å². The molecule has 0 N–H and O–H groups in total. The lowest BCUT2D eigenvalue weighted by Crippen LogP contribution is -2.53. The van der Waals surface area contributed by atoms with Gasteiger partial charge < -0.3 is 10.0 Å². The summed E-state index contributed by atoms with van der Waals surface area (Å²) in [5.41, 5.74) is 7.15. The van der Waals surface area contributed by atoms with Crippen LogP contribution in [0, 0.1) is 23.6 Å². The molecule has 8 rings (SSSR count). The maximum atomic E-state index is 14.0. The van der Waals surface area contributed by atoms with Crippen LogP contribution < -0.4 is 21.1 Å². The van der Waals surface area contributed by atoms with Crippen molar-refractivity contribution >= 4 is 48.4 Å². The van der Waals surface area contributed by atoms with Gasteiger partial charge in [0.2, 0.25) is 5.70 Å². The predicted octanol–water partition coefficient (Wildman–Crippen LogP) is 13.5. The molecular weight excluding hydrogens is 878 g/mol. The molecule has 0 spiro atoms. The molecular formula is C62H65N3O2PSi+. The molecule has 7 heteroatoms. The first-order valence-electron chi connectivity index (χ1n) is 24.0. The topological polar surface area (TPSA) is 42.9 Å². The minimum atomic E-state index is -2.45. The van der Waals surface area contributed by atoms with E-state index in [1.54, 1.807) is 0 Å². The quantitative estimate of drug-likeness (QED) is 0.0212. The highest BCUT2D eigenvalue weighted by atomic mass is 31.2. The molecule has 5 aromatic rings. The summed E-state index contributed by atoms with van der Waals surface area (Å²) in [6.45, 7) is 32.9. The van der Waals surface area contributed by atoms with Gasteiger partial charge in [-0.25, -0.2) is 9.58 Å². The Labute approximate surface area is 413 Å². The lowest BCUT2D eigenvalue weighted by Gasteiger charge is -2.41. The average Bonchev–Trinajstić information content (AvgIpc) is 3.75. The molecule has 0 fully saturated rings. The highest BCUT2D eigenvalue weighted by Crippen LogP contribution is 2.58. The SMILES string of the molecule is [C-]#[N+]C1=C(c2cccc(C#Cc3cccc(C[P+](c4ccccc4)(c4ccccc4)c4ccccc4)c3)c2)ON(C(C)(C)C)C1c1c2cccccc-2c(/C=[N+](\[O-])C(C)(C)C)c1[Si](C)(C)C(C)(C)C. The standard InChI is InChI=1S/C62H65N3O2PSi/c1-60(2,3)64(66)43-54-52-37-23-16-24-38-53(52)55(59(54)69(11,12)62(7,8)9)57-56(63-10)58(67-65(57)61(4,5)6)48-30-26-28-46(42-48)40-39-45-27-25-29-47(41-45)44-68(49-31-17-13-18-32-49,50-33-19-14-20-34-50)51-35-21-15-22-36-51/h13-38,41-43,57H,44H2,1-9,11-12H3/q+1/b64-43-. The molecule has 1 heterocycles. The van der Waals surface area contributed by atoms with Gasteiger partial charge in [0.15, 0.2) is 17.5 Å². The Morgan fingerprint density at radius 3 is 1.65 bits per heavy atom. The normalized spacial score (nSPS) is 15.1. The fraction of sp³-hybridized carbons (Fsp3) is 0.258. The van der Waals surface area contributed by atoms with Gasteiger partial charge in [0.05, 0.1) is 20.8 Å². The predicted molar refractivity (Wildman–Crippen MR) is 295 cm³/mol. The van der Waals surface area contributed by atoms with Gasteiger partial charge in [-0.3, -0.25) is 0 Å². The first-order chi connectivity index (χ1) is 32.8. The Morgan fingerprint density at radius 2 is 1.16 bits per heavy atom. The van der Waals surface area contributed by atoms with Crippen LogP contribution in [0.4, 0.5) is 0 Å². The molecule has 0 bridgehead atoms. The van der Waals surface area contributed by atoms with Crippen molar-refractivity contribution in [1.82, 2.24) is 5.06 Å². The molecule has 348 valence electrons. The molecule has 1 atom stereocenters. The van der Waals surface area contributed by atoms with Gasteiger partial charge in [-0.2, -0.15) is 0 Å². The first-order valence-corrected chi connectivity index (χ1v) is 28.9. The Kier molecular flexibility index (Phi) is 13.5. The molecule has 69 heavy (non-hydrogen) atoms. The second-order valence-electron chi connectivity index (χ2n) is 21.8. The fourth-order valence-corrected chi connectivity index (χ4v) is 16.2. The third kappa shape index (κ3) is 9.60. The van der Waals surface area contributed by atoms with Crippen LogP contribution in [0.15, 0.2) is 176 Å². The van der Waals surface area contributed by atoms with Crippen LogP contribution in [0.5, 0.6) is 0 Å². The second kappa shape index (κ2) is 19.1. The number of rotatable bonds is 9. The molecule has 1 unspecified atom stereocenters. The van der Waals surface area contributed by atoms with Gasteiger partial charge in [-0.05, 0) is 114 Å². The molecule has 0 aromatic heterocycles. The van der Waals surface area contributed by atoms with E-state index < -0.39 is 32.5 Å². The molecule has 0 amide bonds. The van der Waals surface area contributed by atoms with Crippen molar-refractivity contribution in [3.05, 3.63) is 226 Å². The Bertz CT molecular complexity index is 3020. The maximum Gasteiger partial charge on any atom is 0.234 e. The smallest absolute Gasteiger partial charge is 0.234 e. The number of hydroxylamine groups is 3. The average molecular weight is 943 g/mol. The molecule has 2 aliphatic carbocycles.